The second kappa shape index (κ2) is 10.6. The summed E-state index contributed by atoms with van der Waals surface area (Å²) in [5.41, 5.74) is 0. The van der Waals surface area contributed by atoms with E-state index in [0.717, 1.165) is 38.6 Å². The molecule has 0 bridgehead atoms. The van der Waals surface area contributed by atoms with Crippen LogP contribution in [0, 0.1) is 0 Å². The van der Waals surface area contributed by atoms with Crippen LogP contribution >= 0.6 is 11.3 Å². The van der Waals surface area contributed by atoms with E-state index in [2.05, 4.69) is 72.7 Å². The van der Waals surface area contributed by atoms with Gasteiger partial charge in [-0.05, 0) is 52.5 Å². The maximum Gasteiger partial charge on any atom is 0.191 e. The fourth-order valence-corrected chi connectivity index (χ4v) is 3.11. The fraction of sp³-hybridized carbons (Fsp3) is 0.706. The smallest absolute Gasteiger partial charge is 0.191 e. The van der Waals surface area contributed by atoms with Gasteiger partial charge >= 0.3 is 0 Å². The number of thiophene rings is 1. The molecule has 126 valence electrons. The van der Waals surface area contributed by atoms with Gasteiger partial charge in [-0.2, -0.15) is 0 Å². The summed E-state index contributed by atoms with van der Waals surface area (Å²) in [4.78, 5) is 8.45. The summed E-state index contributed by atoms with van der Waals surface area (Å²) in [5.74, 6) is 0.913. The molecule has 1 rings (SSSR count). The number of aliphatic imine (C=N–C) groups is 1. The first-order valence-corrected chi connectivity index (χ1v) is 9.22. The van der Waals surface area contributed by atoms with Gasteiger partial charge in [-0.25, -0.2) is 4.99 Å². The molecule has 0 fully saturated rings. The zero-order chi connectivity index (χ0) is 16.4. The highest BCUT2D eigenvalue weighted by Gasteiger charge is 2.12. The Hall–Kier alpha value is -1.07. The van der Waals surface area contributed by atoms with Crippen molar-refractivity contribution in [1.82, 2.24) is 15.5 Å². The molecule has 0 amide bonds. The molecule has 0 saturated carbocycles. The third-order valence-corrected chi connectivity index (χ3v) is 4.39. The lowest BCUT2D eigenvalue weighted by Crippen LogP contribution is -2.41. The molecule has 2 N–H and O–H groups in total. The summed E-state index contributed by atoms with van der Waals surface area (Å²) in [6.07, 6.45) is 1.12. The minimum Gasteiger partial charge on any atom is -0.357 e. The zero-order valence-electron chi connectivity index (χ0n) is 14.7. The number of nitrogens with one attached hydrogen (secondary N) is 2. The van der Waals surface area contributed by atoms with Gasteiger partial charge in [-0.3, -0.25) is 4.90 Å². The minimum absolute atomic E-state index is 0.598. The summed E-state index contributed by atoms with van der Waals surface area (Å²) in [5, 5.41) is 8.84. The van der Waals surface area contributed by atoms with Crippen LogP contribution in [0.3, 0.4) is 0 Å². The average molecular weight is 325 g/mol. The molecule has 0 aliphatic carbocycles. The number of nitrogens with zero attached hydrogens (tertiary/aromatic N) is 2. The lowest BCUT2D eigenvalue weighted by atomic mass is 10.2. The van der Waals surface area contributed by atoms with Crippen molar-refractivity contribution in [2.24, 2.45) is 4.99 Å². The van der Waals surface area contributed by atoms with Crippen molar-refractivity contribution in [3.8, 4) is 0 Å². The first-order valence-electron chi connectivity index (χ1n) is 8.34. The molecule has 5 heteroatoms. The Morgan fingerprint density at radius 3 is 2.50 bits per heavy atom. The molecule has 0 unspecified atom stereocenters. The van der Waals surface area contributed by atoms with Gasteiger partial charge in [0, 0.05) is 36.6 Å². The molecule has 4 nitrogen and oxygen atoms in total. The minimum atomic E-state index is 0.598. The van der Waals surface area contributed by atoms with E-state index in [1.165, 1.54) is 4.88 Å². The van der Waals surface area contributed by atoms with Gasteiger partial charge in [0.1, 0.15) is 0 Å². The van der Waals surface area contributed by atoms with E-state index in [4.69, 9.17) is 0 Å². The Labute approximate surface area is 140 Å². The van der Waals surface area contributed by atoms with Crippen LogP contribution in [0.25, 0.3) is 0 Å². The zero-order valence-corrected chi connectivity index (χ0v) is 15.5. The van der Waals surface area contributed by atoms with Gasteiger partial charge in [0.25, 0.3) is 0 Å². The van der Waals surface area contributed by atoms with E-state index in [-0.39, 0.29) is 0 Å². The Bertz CT molecular complexity index is 404. The van der Waals surface area contributed by atoms with Crippen LogP contribution in [-0.2, 0) is 6.54 Å². The van der Waals surface area contributed by atoms with Crippen LogP contribution in [-0.4, -0.2) is 42.6 Å². The Morgan fingerprint density at radius 1 is 1.23 bits per heavy atom. The van der Waals surface area contributed by atoms with Crippen LogP contribution in [0.15, 0.2) is 22.5 Å². The van der Waals surface area contributed by atoms with Gasteiger partial charge in [0.05, 0.1) is 6.54 Å². The van der Waals surface area contributed by atoms with E-state index in [0.29, 0.717) is 12.1 Å². The topological polar surface area (TPSA) is 39.7 Å². The van der Waals surface area contributed by atoms with Crippen molar-refractivity contribution in [2.75, 3.05) is 19.6 Å². The molecule has 0 aliphatic heterocycles. The third-order valence-electron chi connectivity index (χ3n) is 3.53. The van der Waals surface area contributed by atoms with Crippen molar-refractivity contribution >= 4 is 17.3 Å². The van der Waals surface area contributed by atoms with Crippen LogP contribution in [0.1, 0.15) is 45.9 Å². The van der Waals surface area contributed by atoms with Crippen molar-refractivity contribution in [3.63, 3.8) is 0 Å². The molecule has 0 aromatic carbocycles. The van der Waals surface area contributed by atoms with Crippen molar-refractivity contribution < 1.29 is 0 Å². The predicted molar refractivity (Wildman–Crippen MR) is 98.7 cm³/mol. The van der Waals surface area contributed by atoms with E-state index in [1.807, 2.05) is 0 Å². The summed E-state index contributed by atoms with van der Waals surface area (Å²) >= 11 is 1.75. The highest BCUT2D eigenvalue weighted by atomic mass is 32.1. The van der Waals surface area contributed by atoms with Crippen LogP contribution in [0.5, 0.6) is 0 Å². The fourth-order valence-electron chi connectivity index (χ4n) is 2.48. The number of guanidine groups is 1. The molecule has 1 aromatic rings. The Kier molecular flexibility index (Phi) is 9.16. The SMILES string of the molecule is CCNC(=NCc1cccs1)NCCCN(C(C)C)C(C)C. The second-order valence-electron chi connectivity index (χ2n) is 5.98. The van der Waals surface area contributed by atoms with Crippen LogP contribution in [0.4, 0.5) is 0 Å². The number of rotatable bonds is 9. The Balaban J connectivity index is 2.36. The molecular weight excluding hydrogens is 292 g/mol. The lowest BCUT2D eigenvalue weighted by molar-refractivity contribution is 0.173. The van der Waals surface area contributed by atoms with E-state index >= 15 is 0 Å². The van der Waals surface area contributed by atoms with Crippen LogP contribution in [0.2, 0.25) is 0 Å². The van der Waals surface area contributed by atoms with Gasteiger partial charge in [-0.1, -0.05) is 6.07 Å². The molecule has 0 aliphatic rings. The maximum atomic E-state index is 4.63. The maximum absolute atomic E-state index is 4.63. The second-order valence-corrected chi connectivity index (χ2v) is 7.01. The summed E-state index contributed by atoms with van der Waals surface area (Å²) in [7, 11) is 0. The standard InChI is InChI=1S/C17H32N4S/c1-6-18-17(20-13-16-9-7-12-22-16)19-10-8-11-21(14(2)3)15(4)5/h7,9,12,14-15H,6,8,10-11,13H2,1-5H3,(H2,18,19,20). The van der Waals surface area contributed by atoms with Gasteiger partial charge in [-0.15, -0.1) is 11.3 Å². The molecule has 22 heavy (non-hydrogen) atoms. The van der Waals surface area contributed by atoms with Gasteiger partial charge < -0.3 is 10.6 Å². The summed E-state index contributed by atoms with van der Waals surface area (Å²) in [6, 6.07) is 5.39. The number of hydrogen-bond donors (Lipinski definition) is 2. The normalized spacial score (nSPS) is 12.5. The molecule has 0 saturated heterocycles. The third kappa shape index (κ3) is 7.27. The highest BCUT2D eigenvalue weighted by molar-refractivity contribution is 7.09. The predicted octanol–water partition coefficient (Wildman–Crippen LogP) is 3.31. The monoisotopic (exact) mass is 324 g/mol. The van der Waals surface area contributed by atoms with E-state index < -0.39 is 0 Å². The average Bonchev–Trinajstić information content (AvgIpc) is 2.96. The Morgan fingerprint density at radius 2 is 1.95 bits per heavy atom. The molecule has 1 aromatic heterocycles. The van der Waals surface area contributed by atoms with Gasteiger partial charge in [0.2, 0.25) is 0 Å². The molecule has 0 spiro atoms. The van der Waals surface area contributed by atoms with Gasteiger partial charge in [0.15, 0.2) is 5.96 Å². The van der Waals surface area contributed by atoms with E-state index in [9.17, 15) is 0 Å². The quantitative estimate of drug-likeness (QED) is 0.416. The number of hydrogen-bond acceptors (Lipinski definition) is 3. The lowest BCUT2D eigenvalue weighted by Gasteiger charge is -2.30. The molecular formula is C17H32N4S. The highest BCUT2D eigenvalue weighted by Crippen LogP contribution is 2.09. The first-order chi connectivity index (χ1) is 10.5. The summed E-state index contributed by atoms with van der Waals surface area (Å²) in [6.45, 7) is 14.9. The molecule has 0 radical (unpaired) electrons. The molecule has 1 heterocycles. The van der Waals surface area contributed by atoms with Crippen molar-refractivity contribution in [1.29, 1.82) is 0 Å². The summed E-state index contributed by atoms with van der Waals surface area (Å²) < 4.78 is 0. The van der Waals surface area contributed by atoms with E-state index in [1.54, 1.807) is 11.3 Å². The first kappa shape index (κ1) is 19.0. The van der Waals surface area contributed by atoms with Crippen molar-refractivity contribution in [3.05, 3.63) is 22.4 Å². The largest absolute Gasteiger partial charge is 0.357 e. The molecule has 0 atom stereocenters. The van der Waals surface area contributed by atoms with Crippen LogP contribution < -0.4 is 10.6 Å². The van der Waals surface area contributed by atoms with Crippen molar-refractivity contribution in [2.45, 2.75) is 59.7 Å².